The molecule has 1 fully saturated rings. The molecule has 1 N–H and O–H groups in total. The fourth-order valence-electron chi connectivity index (χ4n) is 2.86. The fourth-order valence-corrected chi connectivity index (χ4v) is 2.86. The summed E-state index contributed by atoms with van der Waals surface area (Å²) in [6.07, 6.45) is 7.16. The summed E-state index contributed by atoms with van der Waals surface area (Å²) in [5, 5.41) is 8.60. The zero-order chi connectivity index (χ0) is 10.1. The van der Waals surface area contributed by atoms with Crippen molar-refractivity contribution in [3.8, 4) is 0 Å². The van der Waals surface area contributed by atoms with E-state index >= 15 is 0 Å². The molecule has 4 unspecified atom stereocenters. The summed E-state index contributed by atoms with van der Waals surface area (Å²) in [4.78, 5) is 21.3. The number of carboxylic acid groups (broad SMARTS) is 1. The first kappa shape index (κ1) is 9.44. The van der Waals surface area contributed by atoms with Crippen LogP contribution in [0.4, 0.5) is 0 Å². The molecule has 1 saturated carbocycles. The number of hydrogen-bond acceptors (Lipinski definition) is 2. The summed E-state index contributed by atoms with van der Waals surface area (Å²) in [5.74, 6) is 0.426. The van der Waals surface area contributed by atoms with Crippen LogP contribution in [0, 0.1) is 23.7 Å². The van der Waals surface area contributed by atoms with E-state index in [1.165, 1.54) is 0 Å². The highest BCUT2D eigenvalue weighted by molar-refractivity contribution is 5.67. The van der Waals surface area contributed by atoms with Gasteiger partial charge in [0.2, 0.25) is 0 Å². The summed E-state index contributed by atoms with van der Waals surface area (Å²) in [7, 11) is 0. The topological polar surface area (TPSA) is 54.4 Å². The van der Waals surface area contributed by atoms with Gasteiger partial charge in [-0.2, -0.15) is 0 Å². The first-order valence-electron chi connectivity index (χ1n) is 5.08. The zero-order valence-electron chi connectivity index (χ0n) is 7.93. The number of aldehydes is 1. The van der Waals surface area contributed by atoms with Crippen molar-refractivity contribution in [1.29, 1.82) is 0 Å². The highest BCUT2D eigenvalue weighted by Crippen LogP contribution is 2.48. The molecule has 2 bridgehead atoms. The average Bonchev–Trinajstić information content (AvgIpc) is 2.72. The Labute approximate surface area is 82.8 Å². The van der Waals surface area contributed by atoms with Gasteiger partial charge in [-0.15, -0.1) is 0 Å². The molecule has 76 valence electrons. The van der Waals surface area contributed by atoms with E-state index in [1.807, 2.05) is 0 Å². The Hall–Kier alpha value is -1.12. The summed E-state index contributed by atoms with van der Waals surface area (Å²) < 4.78 is 0. The Morgan fingerprint density at radius 2 is 2.14 bits per heavy atom. The lowest BCUT2D eigenvalue weighted by Gasteiger charge is -2.22. The Bertz CT molecular complexity index is 282. The van der Waals surface area contributed by atoms with E-state index in [0.29, 0.717) is 18.3 Å². The van der Waals surface area contributed by atoms with E-state index in [4.69, 9.17) is 5.11 Å². The fraction of sp³-hybridized carbons (Fsp3) is 0.636. The van der Waals surface area contributed by atoms with Crippen LogP contribution >= 0.6 is 0 Å². The number of carbonyl (C=O) groups excluding carboxylic acids is 1. The molecule has 0 saturated heterocycles. The van der Waals surface area contributed by atoms with Gasteiger partial charge in [0.1, 0.15) is 6.29 Å². The Kier molecular flexibility index (Phi) is 2.40. The highest BCUT2D eigenvalue weighted by Gasteiger charge is 2.43. The second-order valence-corrected chi connectivity index (χ2v) is 4.26. The second kappa shape index (κ2) is 3.56. The smallest absolute Gasteiger partial charge is 0.303 e. The van der Waals surface area contributed by atoms with Gasteiger partial charge >= 0.3 is 5.97 Å². The van der Waals surface area contributed by atoms with Crippen molar-refractivity contribution >= 4 is 12.3 Å². The maximum absolute atomic E-state index is 10.9. The van der Waals surface area contributed by atoms with E-state index in [-0.39, 0.29) is 18.3 Å². The Balaban J connectivity index is 2.00. The number of carboxylic acids is 1. The SMILES string of the molecule is O=CC1C2C=CC(C2)C1CCC(=O)O. The van der Waals surface area contributed by atoms with Crippen LogP contribution in [0.3, 0.4) is 0 Å². The van der Waals surface area contributed by atoms with E-state index < -0.39 is 5.97 Å². The average molecular weight is 194 g/mol. The minimum absolute atomic E-state index is 0.0735. The van der Waals surface area contributed by atoms with Gasteiger partial charge in [-0.25, -0.2) is 0 Å². The highest BCUT2D eigenvalue weighted by atomic mass is 16.4. The molecule has 14 heavy (non-hydrogen) atoms. The molecule has 0 spiro atoms. The van der Waals surface area contributed by atoms with E-state index in [0.717, 1.165) is 12.7 Å². The van der Waals surface area contributed by atoms with Crippen LogP contribution in [-0.4, -0.2) is 17.4 Å². The van der Waals surface area contributed by atoms with Crippen molar-refractivity contribution < 1.29 is 14.7 Å². The third-order valence-corrected chi connectivity index (χ3v) is 3.54. The molecule has 2 aliphatic carbocycles. The summed E-state index contributed by atoms with van der Waals surface area (Å²) in [5.41, 5.74) is 0. The first-order chi connectivity index (χ1) is 6.72. The quantitative estimate of drug-likeness (QED) is 0.545. The number of rotatable bonds is 4. The van der Waals surface area contributed by atoms with Gasteiger partial charge in [-0.05, 0) is 30.6 Å². The molecule has 3 nitrogen and oxygen atoms in total. The molecule has 2 aliphatic rings. The summed E-state index contributed by atoms with van der Waals surface area (Å²) >= 11 is 0. The second-order valence-electron chi connectivity index (χ2n) is 4.26. The lowest BCUT2D eigenvalue weighted by molar-refractivity contribution is -0.137. The van der Waals surface area contributed by atoms with Crippen molar-refractivity contribution in [1.82, 2.24) is 0 Å². The predicted octanol–water partition coefficient (Wildman–Crippen LogP) is 1.49. The van der Waals surface area contributed by atoms with Crippen LogP contribution in [0.15, 0.2) is 12.2 Å². The van der Waals surface area contributed by atoms with E-state index in [1.54, 1.807) is 0 Å². The van der Waals surface area contributed by atoms with Crippen LogP contribution in [0.1, 0.15) is 19.3 Å². The van der Waals surface area contributed by atoms with E-state index in [9.17, 15) is 9.59 Å². The number of fused-ring (bicyclic) bond motifs is 2. The molecule has 0 aromatic heterocycles. The molecule has 0 aromatic rings. The van der Waals surface area contributed by atoms with Gasteiger partial charge in [0.25, 0.3) is 0 Å². The van der Waals surface area contributed by atoms with Crippen molar-refractivity contribution in [3.63, 3.8) is 0 Å². The van der Waals surface area contributed by atoms with Crippen LogP contribution < -0.4 is 0 Å². The Morgan fingerprint density at radius 3 is 2.79 bits per heavy atom. The minimum atomic E-state index is -0.763. The maximum atomic E-state index is 10.9. The predicted molar refractivity (Wildman–Crippen MR) is 50.7 cm³/mol. The van der Waals surface area contributed by atoms with Gasteiger partial charge < -0.3 is 9.90 Å². The third kappa shape index (κ3) is 1.47. The normalized spacial score (nSPS) is 38.9. The van der Waals surface area contributed by atoms with Crippen LogP contribution in [0.2, 0.25) is 0 Å². The number of hydrogen-bond donors (Lipinski definition) is 1. The van der Waals surface area contributed by atoms with Gasteiger partial charge in [0.05, 0.1) is 0 Å². The van der Waals surface area contributed by atoms with Crippen LogP contribution in [0.5, 0.6) is 0 Å². The van der Waals surface area contributed by atoms with Gasteiger partial charge in [0, 0.05) is 12.3 Å². The molecule has 3 heteroatoms. The van der Waals surface area contributed by atoms with Crippen molar-refractivity contribution in [3.05, 3.63) is 12.2 Å². The third-order valence-electron chi connectivity index (χ3n) is 3.54. The maximum Gasteiger partial charge on any atom is 0.303 e. The molecule has 0 heterocycles. The summed E-state index contributed by atoms with van der Waals surface area (Å²) in [6.45, 7) is 0. The number of carbonyl (C=O) groups is 2. The van der Waals surface area contributed by atoms with Crippen molar-refractivity contribution in [2.45, 2.75) is 19.3 Å². The molecular formula is C11H14O3. The monoisotopic (exact) mass is 194 g/mol. The molecule has 2 rings (SSSR count). The standard InChI is InChI=1S/C11H14O3/c12-6-10-8-2-1-7(5-8)9(10)3-4-11(13)14/h1-2,6-10H,3-5H2,(H,13,14). The van der Waals surface area contributed by atoms with E-state index in [2.05, 4.69) is 12.2 Å². The molecule has 0 amide bonds. The molecule has 0 aromatic carbocycles. The molecular weight excluding hydrogens is 180 g/mol. The molecule has 4 atom stereocenters. The van der Waals surface area contributed by atoms with Crippen molar-refractivity contribution in [2.75, 3.05) is 0 Å². The minimum Gasteiger partial charge on any atom is -0.481 e. The van der Waals surface area contributed by atoms with Gasteiger partial charge in [-0.1, -0.05) is 12.2 Å². The summed E-state index contributed by atoms with van der Waals surface area (Å²) in [6, 6.07) is 0. The largest absolute Gasteiger partial charge is 0.481 e. The molecule has 0 aliphatic heterocycles. The van der Waals surface area contributed by atoms with Gasteiger partial charge in [-0.3, -0.25) is 4.79 Å². The molecule has 0 radical (unpaired) electrons. The van der Waals surface area contributed by atoms with Gasteiger partial charge in [0.15, 0.2) is 0 Å². The number of allylic oxidation sites excluding steroid dienone is 2. The number of aliphatic carboxylic acids is 1. The van der Waals surface area contributed by atoms with Crippen LogP contribution in [0.25, 0.3) is 0 Å². The lowest BCUT2D eigenvalue weighted by Crippen LogP contribution is -2.21. The Morgan fingerprint density at radius 1 is 1.43 bits per heavy atom. The zero-order valence-corrected chi connectivity index (χ0v) is 7.93. The first-order valence-corrected chi connectivity index (χ1v) is 5.08. The van der Waals surface area contributed by atoms with Crippen molar-refractivity contribution in [2.24, 2.45) is 23.7 Å². The lowest BCUT2D eigenvalue weighted by atomic mass is 9.81. The van der Waals surface area contributed by atoms with Crippen LogP contribution in [-0.2, 0) is 9.59 Å².